The number of amides is 2. The van der Waals surface area contributed by atoms with Gasteiger partial charge in [-0.25, -0.2) is 19.4 Å². The van der Waals surface area contributed by atoms with Gasteiger partial charge in [0.1, 0.15) is 28.6 Å². The molecule has 20 nitrogen and oxygen atoms in total. The minimum absolute atomic E-state index is 0. The number of phenolic OH excluding ortho intramolecular Hbond substituents is 2. The van der Waals surface area contributed by atoms with Crippen molar-refractivity contribution in [2.24, 2.45) is 5.16 Å². The third kappa shape index (κ3) is 6.68. The molecule has 4 aromatic rings. The summed E-state index contributed by atoms with van der Waals surface area (Å²) in [4.78, 5) is 67.0. The maximum atomic E-state index is 13.4. The fourth-order valence-electron chi connectivity index (χ4n) is 4.63. The molecule has 8 N–H and O–H groups in total. The predicted octanol–water partition coefficient (Wildman–Crippen LogP) is -1.71. The number of fused-ring (bicyclic) bond motifs is 1. The van der Waals surface area contributed by atoms with Crippen LogP contribution >= 0.6 is 23.1 Å². The second kappa shape index (κ2) is 14.0. The minimum atomic E-state index is -1.38. The first-order valence-corrected chi connectivity index (χ1v) is 15.1. The Hall–Kier alpha value is -5.03. The first kappa shape index (κ1) is 34.3. The average Bonchev–Trinajstić information content (AvgIpc) is 3.69. The Kier molecular flexibility index (Phi) is 10.00. The zero-order valence-corrected chi connectivity index (χ0v) is 25.1. The molecule has 1 fully saturated rings. The van der Waals surface area contributed by atoms with Crippen molar-refractivity contribution >= 4 is 81.3 Å². The van der Waals surface area contributed by atoms with Crippen molar-refractivity contribution in [3.63, 3.8) is 0 Å². The Morgan fingerprint density at radius 3 is 2.67 bits per heavy atom. The zero-order valence-electron chi connectivity index (χ0n) is 23.5. The number of β-lactam (4-membered cyclic amide) rings is 1. The first-order valence-electron chi connectivity index (χ1n) is 13.2. The van der Waals surface area contributed by atoms with E-state index in [1.54, 1.807) is 0 Å². The third-order valence-corrected chi connectivity index (χ3v) is 8.83. The van der Waals surface area contributed by atoms with Crippen LogP contribution in [0.25, 0.3) is 11.4 Å². The van der Waals surface area contributed by atoms with Crippen LogP contribution in [0.3, 0.4) is 0 Å². The summed E-state index contributed by atoms with van der Waals surface area (Å²) in [6, 6.07) is 2.83. The van der Waals surface area contributed by atoms with Gasteiger partial charge < -0.3 is 41.3 Å². The summed E-state index contributed by atoms with van der Waals surface area (Å²) >= 11 is 2.22. The van der Waals surface area contributed by atoms with E-state index in [4.69, 9.17) is 10.6 Å². The molecule has 0 unspecified atom stereocenters. The van der Waals surface area contributed by atoms with Gasteiger partial charge in [-0.15, -0.1) is 28.2 Å². The van der Waals surface area contributed by atoms with Gasteiger partial charge in [-0.3, -0.25) is 19.3 Å². The zero-order chi connectivity index (χ0) is 33.4. The number of phenols is 2. The number of thioether (sulfide) groups is 1. The van der Waals surface area contributed by atoms with Gasteiger partial charge in [0.25, 0.3) is 17.4 Å². The number of benzene rings is 1. The number of rotatable bonds is 10. The molecule has 6 rings (SSSR count). The number of aliphatic carboxylic acids is 1. The summed E-state index contributed by atoms with van der Waals surface area (Å²) in [7, 11) is 0. The number of tetrazole rings is 1. The number of carbonyl (C=O) groups excluding carboxylic acids is 2. The van der Waals surface area contributed by atoms with Crippen LogP contribution in [-0.2, 0) is 32.4 Å². The monoisotopic (exact) mass is 707 g/mol. The fourth-order valence-corrected chi connectivity index (χ4v) is 6.52. The molecule has 0 saturated carbocycles. The van der Waals surface area contributed by atoms with Crippen molar-refractivity contribution in [2.75, 3.05) is 11.5 Å². The number of anilines is 1. The van der Waals surface area contributed by atoms with E-state index >= 15 is 0 Å². The molecule has 2 amide bonds. The molecule has 5 heterocycles. The van der Waals surface area contributed by atoms with Crippen molar-refractivity contribution in [1.29, 1.82) is 0 Å². The van der Waals surface area contributed by atoms with Gasteiger partial charge in [0.2, 0.25) is 0 Å². The van der Waals surface area contributed by atoms with Crippen LogP contribution in [0.1, 0.15) is 11.5 Å². The summed E-state index contributed by atoms with van der Waals surface area (Å²) in [5.74, 6) is -3.99. The second-order valence-electron chi connectivity index (χ2n) is 9.81. The van der Waals surface area contributed by atoms with E-state index < -0.39 is 52.9 Å². The number of aromatic hydroxyl groups is 3. The molecule has 3 aromatic heterocycles. The van der Waals surface area contributed by atoms with Crippen LogP contribution in [0, 0.1) is 0 Å². The summed E-state index contributed by atoms with van der Waals surface area (Å²) in [5.41, 5.74) is 4.96. The molecular weight excluding hydrogens is 685 g/mol. The molecule has 0 spiro atoms. The standard InChI is InChI=1S/C25H21N11O9S2.Na.H/c26-25-28-11(8-47-25)16(32-45-6-15-27-4-14(39)20(40)29-15)21(41)30-17-22(42)36-18(24(43)44)10(7-46-23(17)36)5-35-19(31-33-34-35)9-1-2-12(37)13(38)3-9;;/h1-4,8,17,23,37-39H,5-7H2,(H2,26,28)(H,30,41)(H,43,44)(H,27,29,40);;/b32-16-;;/t17-,23-;;/m1../s1. The van der Waals surface area contributed by atoms with E-state index in [2.05, 4.69) is 40.9 Å². The van der Waals surface area contributed by atoms with Crippen LogP contribution in [-0.4, -0.2) is 131 Å². The van der Waals surface area contributed by atoms with Gasteiger partial charge in [-0.2, -0.15) is 0 Å². The second-order valence-corrected chi connectivity index (χ2v) is 11.8. The van der Waals surface area contributed by atoms with E-state index in [-0.39, 0.29) is 81.5 Å². The average molecular weight is 708 g/mol. The molecule has 0 aliphatic carbocycles. The number of nitrogen functional groups attached to an aromatic ring is 1. The third-order valence-electron chi connectivity index (χ3n) is 6.81. The van der Waals surface area contributed by atoms with Gasteiger partial charge in [0.15, 0.2) is 40.5 Å². The number of oxime groups is 1. The quantitative estimate of drug-likeness (QED) is 0.0317. The summed E-state index contributed by atoms with van der Waals surface area (Å²) in [6.07, 6.45) is 0.917. The summed E-state index contributed by atoms with van der Waals surface area (Å²) in [6.45, 7) is -0.514. The predicted molar refractivity (Wildman–Crippen MR) is 168 cm³/mol. The molecular formula is C25H22N11NaO9S2. The van der Waals surface area contributed by atoms with E-state index in [0.717, 1.165) is 22.4 Å². The number of nitrogens with zero attached hydrogens (tertiary/aromatic N) is 8. The molecule has 1 aromatic carbocycles. The van der Waals surface area contributed by atoms with Gasteiger partial charge in [-0.1, -0.05) is 5.16 Å². The van der Waals surface area contributed by atoms with Crippen LogP contribution < -0.4 is 16.6 Å². The number of aromatic nitrogens is 7. The Balaban J connectivity index is 0.00000451. The van der Waals surface area contributed by atoms with Crippen LogP contribution in [0.5, 0.6) is 17.2 Å². The van der Waals surface area contributed by atoms with Crippen molar-refractivity contribution in [2.45, 2.75) is 24.6 Å². The maximum absolute atomic E-state index is 13.4. The van der Waals surface area contributed by atoms with Crippen LogP contribution in [0.15, 0.2) is 51.0 Å². The van der Waals surface area contributed by atoms with Crippen LogP contribution in [0.2, 0.25) is 0 Å². The fraction of sp³-hybridized carbons (Fsp3) is 0.200. The van der Waals surface area contributed by atoms with Gasteiger partial charge in [-0.05, 0) is 34.2 Å². The number of carboxylic acid groups (broad SMARTS) is 1. The molecule has 2 atom stereocenters. The summed E-state index contributed by atoms with van der Waals surface area (Å²) in [5, 5.41) is 57.6. The Morgan fingerprint density at radius 1 is 1.19 bits per heavy atom. The normalized spacial score (nSPS) is 17.3. The van der Waals surface area contributed by atoms with E-state index in [1.165, 1.54) is 40.0 Å². The Labute approximate surface area is 297 Å². The van der Waals surface area contributed by atoms with Gasteiger partial charge in [0, 0.05) is 16.7 Å². The molecule has 244 valence electrons. The number of thiazole rings is 1. The van der Waals surface area contributed by atoms with Crippen molar-refractivity contribution < 1.29 is 39.6 Å². The van der Waals surface area contributed by atoms with Gasteiger partial charge >= 0.3 is 35.5 Å². The van der Waals surface area contributed by atoms with E-state index in [0.29, 0.717) is 11.1 Å². The number of hydrogen-bond acceptors (Lipinski definition) is 17. The number of carboxylic acids is 1. The number of nitrogens with one attached hydrogen (secondary N) is 2. The molecule has 2 aliphatic rings. The van der Waals surface area contributed by atoms with Crippen molar-refractivity contribution in [1.82, 2.24) is 45.4 Å². The molecule has 0 bridgehead atoms. The topological polar surface area (TPSA) is 297 Å². The first-order chi connectivity index (χ1) is 22.5. The molecule has 2 aliphatic heterocycles. The van der Waals surface area contributed by atoms with Crippen molar-refractivity contribution in [3.05, 3.63) is 62.9 Å². The molecule has 48 heavy (non-hydrogen) atoms. The van der Waals surface area contributed by atoms with E-state index in [1.807, 2.05) is 0 Å². The molecule has 1 saturated heterocycles. The number of carbonyl (C=O) groups is 3. The SMILES string of the molecule is Nc1nc(/C(=N/OCc2ncc(O)c(=O)[nH]2)C(=O)N[C@@H]2C(=O)N3C(C(=O)O)=C(Cn4nnnc4-c4ccc(O)c(O)c4)CS[C@H]23)cs1.[NaH]. The Bertz CT molecular complexity index is 2050. The Morgan fingerprint density at radius 2 is 1.98 bits per heavy atom. The number of hydrogen-bond donors (Lipinski definition) is 7. The number of nitrogens with two attached hydrogens (primary N) is 1. The van der Waals surface area contributed by atoms with E-state index in [9.17, 15) is 39.6 Å². The number of H-pyrrole nitrogens is 1. The van der Waals surface area contributed by atoms with Crippen molar-refractivity contribution in [3.8, 4) is 28.6 Å². The number of aromatic amines is 1. The van der Waals surface area contributed by atoms with Gasteiger partial charge in [0.05, 0.1) is 12.7 Å². The molecule has 23 heteroatoms. The molecule has 0 radical (unpaired) electrons. The van der Waals surface area contributed by atoms with Crippen LogP contribution in [0.4, 0.5) is 5.13 Å². The summed E-state index contributed by atoms with van der Waals surface area (Å²) < 4.78 is 1.29.